The summed E-state index contributed by atoms with van der Waals surface area (Å²) in [5, 5.41) is 12.6. The first-order valence-corrected chi connectivity index (χ1v) is 6.96. The zero-order valence-corrected chi connectivity index (χ0v) is 11.9. The van der Waals surface area contributed by atoms with Crippen LogP contribution in [0.5, 0.6) is 5.19 Å². The fourth-order valence-corrected chi connectivity index (χ4v) is 2.46. The number of nitrogens with one attached hydrogen (secondary N) is 2. The summed E-state index contributed by atoms with van der Waals surface area (Å²) in [6.07, 6.45) is 0.0346. The number of nitrogens with zero attached hydrogens (tertiary/aromatic N) is 2. The van der Waals surface area contributed by atoms with Crippen LogP contribution in [0.2, 0.25) is 0 Å². The van der Waals surface area contributed by atoms with Crippen LogP contribution in [0.4, 0.5) is 4.79 Å². The van der Waals surface area contributed by atoms with E-state index in [1.807, 2.05) is 13.8 Å². The van der Waals surface area contributed by atoms with E-state index < -0.39 is 6.03 Å². The Morgan fingerprint density at radius 3 is 2.78 bits per heavy atom. The highest BCUT2D eigenvalue weighted by Gasteiger charge is 2.11. The number of carbonyl (C=O) groups is 2. The van der Waals surface area contributed by atoms with Crippen LogP contribution in [0.1, 0.15) is 13.8 Å². The largest absolute Gasteiger partial charge is 0.466 e. The predicted molar refractivity (Wildman–Crippen MR) is 69.0 cm³/mol. The van der Waals surface area contributed by atoms with Gasteiger partial charge in [-0.15, -0.1) is 5.10 Å². The van der Waals surface area contributed by atoms with Gasteiger partial charge in [0.15, 0.2) is 4.34 Å². The van der Waals surface area contributed by atoms with Gasteiger partial charge in [0.25, 0.3) is 5.19 Å². The summed E-state index contributed by atoms with van der Waals surface area (Å²) in [5.74, 6) is -0.287. The lowest BCUT2D eigenvalue weighted by Gasteiger charge is -2.02. The van der Waals surface area contributed by atoms with Gasteiger partial charge in [-0.1, -0.05) is 16.9 Å². The van der Waals surface area contributed by atoms with Crippen molar-refractivity contribution in [2.45, 2.75) is 24.3 Å². The van der Waals surface area contributed by atoms with Gasteiger partial charge in [-0.2, -0.15) is 0 Å². The van der Waals surface area contributed by atoms with Crippen LogP contribution in [-0.4, -0.2) is 41.0 Å². The van der Waals surface area contributed by atoms with Crippen LogP contribution in [0, 0.1) is 0 Å². The molecule has 0 saturated heterocycles. The Hall–Kier alpha value is -1.35. The summed E-state index contributed by atoms with van der Waals surface area (Å²) in [4.78, 5) is 22.2. The number of urea groups is 1. The monoisotopic (exact) mass is 290 g/mol. The van der Waals surface area contributed by atoms with E-state index in [4.69, 9.17) is 4.74 Å². The molecule has 100 valence electrons. The fraction of sp³-hybridized carbons (Fsp3) is 0.556. The minimum atomic E-state index is -0.526. The van der Waals surface area contributed by atoms with Crippen LogP contribution in [0.15, 0.2) is 4.34 Å². The van der Waals surface area contributed by atoms with E-state index in [0.717, 1.165) is 0 Å². The SMILES string of the molecule is CNC(=O)NC(=O)CSc1nnc(OC(C)C)s1. The van der Waals surface area contributed by atoms with Crippen LogP contribution >= 0.6 is 23.1 Å². The molecule has 7 nitrogen and oxygen atoms in total. The topological polar surface area (TPSA) is 93.2 Å². The van der Waals surface area contributed by atoms with Crippen LogP contribution in [0.3, 0.4) is 0 Å². The molecule has 0 saturated carbocycles. The van der Waals surface area contributed by atoms with Crippen LogP contribution < -0.4 is 15.4 Å². The quantitative estimate of drug-likeness (QED) is 0.782. The molecule has 0 aliphatic rings. The van der Waals surface area contributed by atoms with E-state index in [1.54, 1.807) is 0 Å². The molecule has 0 spiro atoms. The van der Waals surface area contributed by atoms with Gasteiger partial charge >= 0.3 is 6.03 Å². The zero-order valence-electron chi connectivity index (χ0n) is 10.2. The summed E-state index contributed by atoms with van der Waals surface area (Å²) in [6, 6.07) is -0.526. The van der Waals surface area contributed by atoms with Gasteiger partial charge in [-0.25, -0.2) is 4.79 Å². The molecule has 0 radical (unpaired) electrons. The number of hydrogen-bond acceptors (Lipinski definition) is 7. The Kier molecular flexibility index (Phi) is 5.86. The molecule has 18 heavy (non-hydrogen) atoms. The average Bonchev–Trinajstić information content (AvgIpc) is 2.73. The third kappa shape index (κ3) is 5.32. The predicted octanol–water partition coefficient (Wildman–Crippen LogP) is 0.873. The lowest BCUT2D eigenvalue weighted by atomic mass is 10.5. The van der Waals surface area contributed by atoms with E-state index in [-0.39, 0.29) is 17.8 Å². The maximum Gasteiger partial charge on any atom is 0.321 e. The molecule has 0 aromatic carbocycles. The summed E-state index contributed by atoms with van der Waals surface area (Å²) >= 11 is 2.47. The van der Waals surface area contributed by atoms with Crippen molar-refractivity contribution in [3.63, 3.8) is 0 Å². The Morgan fingerprint density at radius 1 is 1.44 bits per heavy atom. The summed E-state index contributed by atoms with van der Waals surface area (Å²) < 4.78 is 5.97. The van der Waals surface area contributed by atoms with E-state index in [9.17, 15) is 9.59 Å². The Balaban J connectivity index is 2.37. The number of thioether (sulfide) groups is 1. The summed E-state index contributed by atoms with van der Waals surface area (Å²) in [7, 11) is 1.44. The molecule has 0 atom stereocenters. The molecule has 9 heteroatoms. The zero-order chi connectivity index (χ0) is 13.5. The van der Waals surface area contributed by atoms with Crippen molar-refractivity contribution in [1.82, 2.24) is 20.8 Å². The van der Waals surface area contributed by atoms with Gasteiger partial charge in [0.1, 0.15) is 0 Å². The highest BCUT2D eigenvalue weighted by atomic mass is 32.2. The second kappa shape index (κ2) is 7.17. The Labute approximate surface area is 113 Å². The maximum absolute atomic E-state index is 11.3. The Morgan fingerprint density at radius 2 is 2.17 bits per heavy atom. The third-order valence-corrected chi connectivity index (χ3v) is 3.48. The number of carbonyl (C=O) groups excluding carboxylic acids is 2. The van der Waals surface area contributed by atoms with Crippen LogP contribution in [-0.2, 0) is 4.79 Å². The molecule has 0 unspecified atom stereocenters. The first-order chi connectivity index (χ1) is 8.51. The number of amides is 3. The molecular weight excluding hydrogens is 276 g/mol. The number of aromatic nitrogens is 2. The van der Waals surface area contributed by atoms with Crippen molar-refractivity contribution in [1.29, 1.82) is 0 Å². The third-order valence-electron chi connectivity index (χ3n) is 1.53. The lowest BCUT2D eigenvalue weighted by Crippen LogP contribution is -2.38. The molecule has 1 rings (SSSR count). The normalized spacial score (nSPS) is 10.2. The fourth-order valence-electron chi connectivity index (χ4n) is 0.857. The molecule has 1 aromatic heterocycles. The van der Waals surface area contributed by atoms with Gasteiger partial charge in [0.05, 0.1) is 11.9 Å². The van der Waals surface area contributed by atoms with Gasteiger partial charge < -0.3 is 10.1 Å². The van der Waals surface area contributed by atoms with Crippen LogP contribution in [0.25, 0.3) is 0 Å². The van der Waals surface area contributed by atoms with E-state index in [1.165, 1.54) is 30.1 Å². The minimum absolute atomic E-state index is 0.0346. The van der Waals surface area contributed by atoms with Crippen molar-refractivity contribution in [3.05, 3.63) is 0 Å². The molecule has 3 amide bonds. The number of ether oxygens (including phenoxy) is 1. The molecule has 1 aromatic rings. The van der Waals surface area contributed by atoms with Gasteiger partial charge in [-0.3, -0.25) is 10.1 Å². The molecule has 0 bridgehead atoms. The maximum atomic E-state index is 11.3. The molecule has 0 aliphatic carbocycles. The second-order valence-electron chi connectivity index (χ2n) is 3.42. The van der Waals surface area contributed by atoms with Crippen molar-refractivity contribution >= 4 is 35.0 Å². The first kappa shape index (κ1) is 14.7. The summed E-state index contributed by atoms with van der Waals surface area (Å²) in [5.41, 5.74) is 0. The van der Waals surface area contributed by atoms with E-state index in [2.05, 4.69) is 20.8 Å². The summed E-state index contributed by atoms with van der Waals surface area (Å²) in [6.45, 7) is 3.79. The molecule has 2 N–H and O–H groups in total. The molecular formula is C9H14N4O3S2. The molecule has 1 heterocycles. The van der Waals surface area contributed by atoms with Gasteiger partial charge in [-0.05, 0) is 25.2 Å². The smallest absolute Gasteiger partial charge is 0.321 e. The Bertz CT molecular complexity index is 422. The van der Waals surface area contributed by atoms with Crippen molar-refractivity contribution in [3.8, 4) is 5.19 Å². The second-order valence-corrected chi connectivity index (χ2v) is 5.58. The lowest BCUT2D eigenvalue weighted by molar-refractivity contribution is -0.117. The standard InChI is InChI=1S/C9H14N4O3S2/c1-5(2)16-8-12-13-9(18-8)17-4-6(14)11-7(15)10-3/h5H,4H2,1-3H3,(H2,10,11,14,15). The first-order valence-electron chi connectivity index (χ1n) is 5.15. The number of rotatable bonds is 5. The van der Waals surface area contributed by atoms with Crippen molar-refractivity contribution in [2.24, 2.45) is 0 Å². The highest BCUT2D eigenvalue weighted by Crippen LogP contribution is 2.27. The average molecular weight is 290 g/mol. The molecule has 0 fully saturated rings. The number of hydrogen-bond donors (Lipinski definition) is 2. The van der Waals surface area contributed by atoms with Gasteiger partial charge in [0, 0.05) is 7.05 Å². The number of imide groups is 1. The van der Waals surface area contributed by atoms with Crippen molar-refractivity contribution < 1.29 is 14.3 Å². The van der Waals surface area contributed by atoms with Crippen molar-refractivity contribution in [2.75, 3.05) is 12.8 Å². The van der Waals surface area contributed by atoms with E-state index in [0.29, 0.717) is 9.53 Å². The highest BCUT2D eigenvalue weighted by molar-refractivity contribution is 8.01. The minimum Gasteiger partial charge on any atom is -0.466 e. The molecule has 0 aliphatic heterocycles. The van der Waals surface area contributed by atoms with E-state index >= 15 is 0 Å². The van der Waals surface area contributed by atoms with Gasteiger partial charge in [0.2, 0.25) is 5.91 Å².